The molecular weight excluding hydrogens is 268 g/mol. The molecule has 0 spiro atoms. The van der Waals surface area contributed by atoms with Crippen LogP contribution in [0.1, 0.15) is 24.2 Å². The molecule has 0 aliphatic heterocycles. The van der Waals surface area contributed by atoms with Crippen molar-refractivity contribution in [3.63, 3.8) is 0 Å². The summed E-state index contributed by atoms with van der Waals surface area (Å²) in [6, 6.07) is 2.55. The zero-order valence-corrected chi connectivity index (χ0v) is 11.5. The number of hydrogen-bond donors (Lipinski definition) is 2. The van der Waals surface area contributed by atoms with Crippen molar-refractivity contribution in [2.75, 3.05) is 19.8 Å². The zero-order chi connectivity index (χ0) is 15.1. The summed E-state index contributed by atoms with van der Waals surface area (Å²) in [7, 11) is 0. The van der Waals surface area contributed by atoms with Gasteiger partial charge >= 0.3 is 0 Å². The molecule has 0 bridgehead atoms. The van der Waals surface area contributed by atoms with E-state index in [9.17, 15) is 18.7 Å². The smallest absolute Gasteiger partial charge is 0.251 e. The SMILES string of the molecule is CC(C)COCC(O)CNC(=O)c1cc(F)cc(F)c1. The second kappa shape index (κ2) is 7.91. The monoisotopic (exact) mass is 287 g/mol. The van der Waals surface area contributed by atoms with Gasteiger partial charge in [0, 0.05) is 24.8 Å². The summed E-state index contributed by atoms with van der Waals surface area (Å²) >= 11 is 0. The van der Waals surface area contributed by atoms with E-state index in [-0.39, 0.29) is 18.7 Å². The number of ether oxygens (including phenoxy) is 1. The van der Waals surface area contributed by atoms with Crippen LogP contribution in [0.5, 0.6) is 0 Å². The van der Waals surface area contributed by atoms with E-state index in [0.29, 0.717) is 18.6 Å². The number of carbonyl (C=O) groups is 1. The normalized spacial score (nSPS) is 12.5. The highest BCUT2D eigenvalue weighted by molar-refractivity contribution is 5.94. The van der Waals surface area contributed by atoms with Crippen molar-refractivity contribution in [3.05, 3.63) is 35.4 Å². The predicted octanol–water partition coefficient (Wildman–Crippen LogP) is 1.73. The highest BCUT2D eigenvalue weighted by atomic mass is 19.1. The molecule has 0 fully saturated rings. The van der Waals surface area contributed by atoms with Gasteiger partial charge in [0.25, 0.3) is 5.91 Å². The molecule has 112 valence electrons. The van der Waals surface area contributed by atoms with Crippen LogP contribution in [0.25, 0.3) is 0 Å². The quantitative estimate of drug-likeness (QED) is 0.803. The third-order valence-corrected chi connectivity index (χ3v) is 2.38. The molecule has 2 N–H and O–H groups in total. The molecule has 0 heterocycles. The number of nitrogens with one attached hydrogen (secondary N) is 1. The second-order valence-electron chi connectivity index (χ2n) is 4.95. The van der Waals surface area contributed by atoms with Gasteiger partial charge in [0.05, 0.1) is 12.7 Å². The molecular formula is C14H19F2NO3. The van der Waals surface area contributed by atoms with Gasteiger partial charge < -0.3 is 15.2 Å². The van der Waals surface area contributed by atoms with Crippen LogP contribution in [0.2, 0.25) is 0 Å². The van der Waals surface area contributed by atoms with E-state index >= 15 is 0 Å². The molecule has 0 aliphatic rings. The summed E-state index contributed by atoms with van der Waals surface area (Å²) in [6.07, 6.45) is -0.865. The van der Waals surface area contributed by atoms with Crippen LogP contribution in [0.3, 0.4) is 0 Å². The van der Waals surface area contributed by atoms with Gasteiger partial charge in [0.15, 0.2) is 0 Å². The number of amides is 1. The Morgan fingerprint density at radius 3 is 2.40 bits per heavy atom. The van der Waals surface area contributed by atoms with E-state index in [1.54, 1.807) is 0 Å². The average Bonchev–Trinajstić information content (AvgIpc) is 2.34. The van der Waals surface area contributed by atoms with E-state index in [1.165, 1.54) is 0 Å². The zero-order valence-electron chi connectivity index (χ0n) is 11.5. The lowest BCUT2D eigenvalue weighted by atomic mass is 10.2. The summed E-state index contributed by atoms with van der Waals surface area (Å²) in [4.78, 5) is 11.6. The van der Waals surface area contributed by atoms with Gasteiger partial charge in [0.1, 0.15) is 11.6 Å². The Balaban J connectivity index is 2.39. The molecule has 1 rings (SSSR count). The molecule has 0 radical (unpaired) electrons. The lowest BCUT2D eigenvalue weighted by Gasteiger charge is -2.13. The minimum absolute atomic E-state index is 0.0466. The Labute approximate surface area is 116 Å². The van der Waals surface area contributed by atoms with E-state index in [4.69, 9.17) is 4.74 Å². The molecule has 1 aromatic carbocycles. The van der Waals surface area contributed by atoms with E-state index in [0.717, 1.165) is 12.1 Å². The molecule has 1 aromatic rings. The number of carbonyl (C=O) groups excluding carboxylic acids is 1. The second-order valence-corrected chi connectivity index (χ2v) is 4.95. The van der Waals surface area contributed by atoms with Crippen molar-refractivity contribution < 1.29 is 23.4 Å². The summed E-state index contributed by atoms with van der Waals surface area (Å²) < 4.78 is 31.1. The van der Waals surface area contributed by atoms with Gasteiger partial charge in [-0.2, -0.15) is 0 Å². The van der Waals surface area contributed by atoms with E-state index < -0.39 is 23.6 Å². The Hall–Kier alpha value is -1.53. The first-order chi connectivity index (χ1) is 9.38. The highest BCUT2D eigenvalue weighted by Crippen LogP contribution is 2.07. The first kappa shape index (κ1) is 16.5. The van der Waals surface area contributed by atoms with Crippen LogP contribution in [-0.4, -0.2) is 36.9 Å². The summed E-state index contributed by atoms with van der Waals surface area (Å²) in [6.45, 7) is 4.52. The van der Waals surface area contributed by atoms with Gasteiger partial charge in [-0.1, -0.05) is 13.8 Å². The standard InChI is InChI=1S/C14H19F2NO3/c1-9(2)7-20-8-13(18)6-17-14(19)10-3-11(15)5-12(16)4-10/h3-5,9,13,18H,6-8H2,1-2H3,(H,17,19). The summed E-state index contributed by atoms with van der Waals surface area (Å²) in [5, 5.41) is 12.0. The number of halogens is 2. The largest absolute Gasteiger partial charge is 0.389 e. The van der Waals surface area contributed by atoms with Crippen LogP contribution in [0.4, 0.5) is 8.78 Å². The topological polar surface area (TPSA) is 58.6 Å². The van der Waals surface area contributed by atoms with Crippen molar-refractivity contribution in [1.29, 1.82) is 0 Å². The molecule has 1 atom stereocenters. The number of rotatable bonds is 7. The Morgan fingerprint density at radius 1 is 1.25 bits per heavy atom. The maximum atomic E-state index is 12.9. The fourth-order valence-corrected chi connectivity index (χ4v) is 1.50. The Bertz CT molecular complexity index is 432. The third-order valence-electron chi connectivity index (χ3n) is 2.38. The number of aliphatic hydroxyl groups excluding tert-OH is 1. The number of benzene rings is 1. The van der Waals surface area contributed by atoms with Crippen molar-refractivity contribution in [2.45, 2.75) is 20.0 Å². The molecule has 20 heavy (non-hydrogen) atoms. The van der Waals surface area contributed by atoms with Crippen molar-refractivity contribution in [3.8, 4) is 0 Å². The Kier molecular flexibility index (Phi) is 6.54. The predicted molar refractivity (Wildman–Crippen MR) is 70.4 cm³/mol. The summed E-state index contributed by atoms with van der Waals surface area (Å²) in [5.41, 5.74) is -0.127. The highest BCUT2D eigenvalue weighted by Gasteiger charge is 2.11. The molecule has 1 unspecified atom stereocenters. The fraction of sp³-hybridized carbons (Fsp3) is 0.500. The minimum Gasteiger partial charge on any atom is -0.389 e. The summed E-state index contributed by atoms with van der Waals surface area (Å²) in [5.74, 6) is -1.94. The lowest BCUT2D eigenvalue weighted by molar-refractivity contribution is 0.0259. The van der Waals surface area contributed by atoms with Crippen LogP contribution in [0.15, 0.2) is 18.2 Å². The molecule has 0 saturated heterocycles. The van der Waals surface area contributed by atoms with Gasteiger partial charge in [-0.15, -0.1) is 0 Å². The molecule has 0 saturated carbocycles. The van der Waals surface area contributed by atoms with Gasteiger partial charge in [0.2, 0.25) is 0 Å². The molecule has 0 aliphatic carbocycles. The molecule has 6 heteroatoms. The third kappa shape index (κ3) is 6.08. The number of aliphatic hydroxyl groups is 1. The molecule has 4 nitrogen and oxygen atoms in total. The molecule has 0 aromatic heterocycles. The van der Waals surface area contributed by atoms with Crippen LogP contribution in [-0.2, 0) is 4.74 Å². The van der Waals surface area contributed by atoms with Gasteiger partial charge in [-0.25, -0.2) is 8.78 Å². The molecule has 1 amide bonds. The maximum absolute atomic E-state index is 12.9. The fourth-order valence-electron chi connectivity index (χ4n) is 1.50. The average molecular weight is 287 g/mol. The van der Waals surface area contributed by atoms with Crippen molar-refractivity contribution >= 4 is 5.91 Å². The minimum atomic E-state index is -0.865. The lowest BCUT2D eigenvalue weighted by Crippen LogP contribution is -2.34. The maximum Gasteiger partial charge on any atom is 0.251 e. The van der Waals surface area contributed by atoms with E-state index in [1.807, 2.05) is 13.8 Å². The van der Waals surface area contributed by atoms with Crippen molar-refractivity contribution in [2.24, 2.45) is 5.92 Å². The van der Waals surface area contributed by atoms with Crippen molar-refractivity contribution in [1.82, 2.24) is 5.32 Å². The Morgan fingerprint density at radius 2 is 1.85 bits per heavy atom. The first-order valence-electron chi connectivity index (χ1n) is 6.38. The van der Waals surface area contributed by atoms with Crippen LogP contribution < -0.4 is 5.32 Å². The van der Waals surface area contributed by atoms with Gasteiger partial charge in [-0.05, 0) is 18.1 Å². The first-order valence-corrected chi connectivity index (χ1v) is 6.38. The van der Waals surface area contributed by atoms with Gasteiger partial charge in [-0.3, -0.25) is 4.79 Å². The van der Waals surface area contributed by atoms with Crippen LogP contribution in [0, 0.1) is 17.6 Å². The van der Waals surface area contributed by atoms with E-state index in [2.05, 4.69) is 5.32 Å². The number of hydrogen-bond acceptors (Lipinski definition) is 3. The van der Waals surface area contributed by atoms with Crippen LogP contribution >= 0.6 is 0 Å².